The molecule has 1 aromatic heterocycles. The monoisotopic (exact) mass is 255 g/mol. The highest BCUT2D eigenvalue weighted by atomic mass is 15.0. The van der Waals surface area contributed by atoms with Crippen LogP contribution in [0.4, 0.5) is 5.82 Å². The van der Waals surface area contributed by atoms with Gasteiger partial charge >= 0.3 is 0 Å². The van der Waals surface area contributed by atoms with Crippen LogP contribution in [-0.2, 0) is 6.54 Å². The van der Waals surface area contributed by atoms with Gasteiger partial charge in [0.2, 0.25) is 0 Å². The lowest BCUT2D eigenvalue weighted by atomic mass is 10.00. The number of anilines is 1. The highest BCUT2D eigenvalue weighted by molar-refractivity contribution is 5.44. The van der Waals surface area contributed by atoms with Gasteiger partial charge in [-0.2, -0.15) is 0 Å². The van der Waals surface area contributed by atoms with Gasteiger partial charge in [0.1, 0.15) is 5.82 Å². The van der Waals surface area contributed by atoms with E-state index in [-0.39, 0.29) is 0 Å². The zero-order valence-corrected chi connectivity index (χ0v) is 12.3. The van der Waals surface area contributed by atoms with Gasteiger partial charge in [-0.1, -0.05) is 17.7 Å². The first-order valence-corrected chi connectivity index (χ1v) is 6.58. The standard InChI is InChI=1S/C16H21N3/c1-10-6-11(2)15(12(3)7-10)9-18-16-14(5)17-8-13(4)19-16/h6-8H,9H2,1-5H3,(H,18,19). The van der Waals surface area contributed by atoms with Crippen LogP contribution in [0.25, 0.3) is 0 Å². The van der Waals surface area contributed by atoms with Gasteiger partial charge in [0.05, 0.1) is 11.4 Å². The molecule has 0 unspecified atom stereocenters. The van der Waals surface area contributed by atoms with Crippen LogP contribution in [0.1, 0.15) is 33.6 Å². The zero-order chi connectivity index (χ0) is 14.0. The van der Waals surface area contributed by atoms with Crippen LogP contribution in [-0.4, -0.2) is 9.97 Å². The van der Waals surface area contributed by atoms with Gasteiger partial charge in [-0.05, 0) is 51.3 Å². The van der Waals surface area contributed by atoms with Crippen LogP contribution < -0.4 is 5.32 Å². The molecule has 0 amide bonds. The topological polar surface area (TPSA) is 37.8 Å². The molecule has 1 heterocycles. The third kappa shape index (κ3) is 3.11. The van der Waals surface area contributed by atoms with Crippen LogP contribution in [0.2, 0.25) is 0 Å². The summed E-state index contributed by atoms with van der Waals surface area (Å²) in [6.07, 6.45) is 1.79. The van der Waals surface area contributed by atoms with E-state index in [4.69, 9.17) is 0 Å². The fourth-order valence-corrected chi connectivity index (χ4v) is 2.37. The average molecular weight is 255 g/mol. The summed E-state index contributed by atoms with van der Waals surface area (Å²) in [6, 6.07) is 4.44. The first kappa shape index (κ1) is 13.5. The number of hydrogen-bond acceptors (Lipinski definition) is 3. The summed E-state index contributed by atoms with van der Waals surface area (Å²) in [5, 5.41) is 3.40. The Bertz CT molecular complexity index is 580. The third-order valence-corrected chi connectivity index (χ3v) is 3.35. The van der Waals surface area contributed by atoms with Crippen LogP contribution in [0.3, 0.4) is 0 Å². The van der Waals surface area contributed by atoms with Gasteiger partial charge in [-0.25, -0.2) is 4.98 Å². The zero-order valence-electron chi connectivity index (χ0n) is 12.3. The van der Waals surface area contributed by atoms with Crippen molar-refractivity contribution >= 4 is 5.82 Å². The first-order chi connectivity index (χ1) is 8.97. The second-order valence-electron chi connectivity index (χ2n) is 5.18. The van der Waals surface area contributed by atoms with E-state index < -0.39 is 0 Å². The summed E-state index contributed by atoms with van der Waals surface area (Å²) in [7, 11) is 0. The highest BCUT2D eigenvalue weighted by Crippen LogP contribution is 2.18. The lowest BCUT2D eigenvalue weighted by molar-refractivity contribution is 1.00. The Morgan fingerprint density at radius 1 is 1.00 bits per heavy atom. The van der Waals surface area contributed by atoms with Gasteiger partial charge in [-0.3, -0.25) is 4.98 Å². The minimum Gasteiger partial charge on any atom is -0.364 e. The fraction of sp³-hybridized carbons (Fsp3) is 0.375. The minimum atomic E-state index is 0.789. The van der Waals surface area contributed by atoms with Crippen molar-refractivity contribution in [3.8, 4) is 0 Å². The van der Waals surface area contributed by atoms with Gasteiger partial charge in [0, 0.05) is 12.7 Å². The predicted octanol–water partition coefficient (Wildman–Crippen LogP) is 3.63. The molecule has 0 spiro atoms. The summed E-state index contributed by atoms with van der Waals surface area (Å²) in [4.78, 5) is 8.82. The molecule has 1 aromatic carbocycles. The first-order valence-electron chi connectivity index (χ1n) is 6.58. The van der Waals surface area contributed by atoms with E-state index in [1.807, 2.05) is 13.8 Å². The van der Waals surface area contributed by atoms with Crippen molar-refractivity contribution in [2.75, 3.05) is 5.32 Å². The Kier molecular flexibility index (Phi) is 3.84. The maximum atomic E-state index is 4.49. The van der Waals surface area contributed by atoms with Crippen molar-refractivity contribution in [2.45, 2.75) is 41.2 Å². The van der Waals surface area contributed by atoms with Crippen molar-refractivity contribution in [1.82, 2.24) is 9.97 Å². The van der Waals surface area contributed by atoms with Crippen molar-refractivity contribution in [1.29, 1.82) is 0 Å². The molecule has 3 nitrogen and oxygen atoms in total. The third-order valence-electron chi connectivity index (χ3n) is 3.35. The molecule has 19 heavy (non-hydrogen) atoms. The molecule has 0 aliphatic carbocycles. The quantitative estimate of drug-likeness (QED) is 0.910. The summed E-state index contributed by atoms with van der Waals surface area (Å²) in [5.41, 5.74) is 7.17. The number of nitrogens with zero attached hydrogens (tertiary/aromatic N) is 2. The van der Waals surface area contributed by atoms with Crippen LogP contribution >= 0.6 is 0 Å². The largest absolute Gasteiger partial charge is 0.364 e. The Morgan fingerprint density at radius 2 is 1.63 bits per heavy atom. The average Bonchev–Trinajstić information content (AvgIpc) is 2.32. The second-order valence-corrected chi connectivity index (χ2v) is 5.18. The summed E-state index contributed by atoms with van der Waals surface area (Å²) < 4.78 is 0. The predicted molar refractivity (Wildman–Crippen MR) is 79.5 cm³/mol. The van der Waals surface area contributed by atoms with E-state index >= 15 is 0 Å². The Morgan fingerprint density at radius 3 is 2.26 bits per heavy atom. The molecule has 0 bridgehead atoms. The highest BCUT2D eigenvalue weighted by Gasteiger charge is 2.06. The van der Waals surface area contributed by atoms with Crippen LogP contribution in [0.15, 0.2) is 18.3 Å². The lowest BCUT2D eigenvalue weighted by Crippen LogP contribution is -2.08. The van der Waals surface area contributed by atoms with Crippen molar-refractivity contribution < 1.29 is 0 Å². The molecule has 1 N–H and O–H groups in total. The minimum absolute atomic E-state index is 0.789. The maximum absolute atomic E-state index is 4.49. The SMILES string of the molecule is Cc1cc(C)c(CNc2nc(C)cnc2C)c(C)c1. The van der Waals surface area contributed by atoms with Crippen LogP contribution in [0.5, 0.6) is 0 Å². The molecule has 0 fully saturated rings. The van der Waals surface area contributed by atoms with Gasteiger partial charge in [0.25, 0.3) is 0 Å². The maximum Gasteiger partial charge on any atom is 0.148 e. The summed E-state index contributed by atoms with van der Waals surface area (Å²) in [5.74, 6) is 0.874. The van der Waals surface area contributed by atoms with Crippen LogP contribution in [0, 0.1) is 34.6 Å². The lowest BCUT2D eigenvalue weighted by Gasteiger charge is -2.14. The molecule has 2 aromatic rings. The molecule has 2 rings (SSSR count). The van der Waals surface area contributed by atoms with Crippen molar-refractivity contribution in [3.05, 3.63) is 52.0 Å². The Labute approximate surface area is 115 Å². The molecule has 0 saturated heterocycles. The number of rotatable bonds is 3. The van der Waals surface area contributed by atoms with Crippen molar-refractivity contribution in [2.24, 2.45) is 0 Å². The number of aryl methyl sites for hydroxylation is 5. The van der Waals surface area contributed by atoms with E-state index in [9.17, 15) is 0 Å². The number of hydrogen-bond donors (Lipinski definition) is 1. The molecule has 0 aliphatic rings. The molecule has 0 atom stereocenters. The molecule has 0 radical (unpaired) electrons. The Balaban J connectivity index is 2.21. The van der Waals surface area contributed by atoms with E-state index in [0.717, 1.165) is 23.8 Å². The number of aromatic nitrogens is 2. The van der Waals surface area contributed by atoms with E-state index in [0.29, 0.717) is 0 Å². The smallest absolute Gasteiger partial charge is 0.148 e. The van der Waals surface area contributed by atoms with Gasteiger partial charge < -0.3 is 5.32 Å². The summed E-state index contributed by atoms with van der Waals surface area (Å²) >= 11 is 0. The fourth-order valence-electron chi connectivity index (χ4n) is 2.37. The van der Waals surface area contributed by atoms with Gasteiger partial charge in [-0.15, -0.1) is 0 Å². The molecular formula is C16H21N3. The second kappa shape index (κ2) is 5.39. The normalized spacial score (nSPS) is 10.6. The van der Waals surface area contributed by atoms with Crippen molar-refractivity contribution in [3.63, 3.8) is 0 Å². The molecule has 3 heteroatoms. The Hall–Kier alpha value is -1.90. The number of benzene rings is 1. The van der Waals surface area contributed by atoms with Gasteiger partial charge in [0.15, 0.2) is 0 Å². The molecule has 100 valence electrons. The molecule has 0 aliphatic heterocycles. The van der Waals surface area contributed by atoms with E-state index in [2.05, 4.69) is 48.2 Å². The molecular weight excluding hydrogens is 234 g/mol. The summed E-state index contributed by atoms with van der Waals surface area (Å²) in [6.45, 7) is 11.2. The number of nitrogens with one attached hydrogen (secondary N) is 1. The van der Waals surface area contributed by atoms with E-state index in [1.165, 1.54) is 22.3 Å². The molecule has 0 saturated carbocycles. The van der Waals surface area contributed by atoms with E-state index in [1.54, 1.807) is 6.20 Å².